The molecule has 3 rings (SSSR count). The standard InChI is InChI=1S/C16H14BrN7O3S/c1-8-9(2)28-16(20-8)21-13-12(24(26)27)14(19-7-18-13)22-23-15(25)10-3-5-11(17)6-4-10/h3-7H,1-2H3,(H,23,25)(H2,18,19,20,21,22). The summed E-state index contributed by atoms with van der Waals surface area (Å²) in [6.45, 7) is 3.74. The summed E-state index contributed by atoms with van der Waals surface area (Å²) in [5, 5.41) is 14.9. The SMILES string of the molecule is Cc1nc(Nc2ncnc(NNC(=O)c3ccc(Br)cc3)c2[N+](=O)[O-])sc1C. The van der Waals surface area contributed by atoms with Crippen molar-refractivity contribution in [3.8, 4) is 0 Å². The minimum Gasteiger partial charge on any atom is -0.310 e. The molecule has 0 saturated carbocycles. The lowest BCUT2D eigenvalue weighted by Gasteiger charge is -2.10. The Morgan fingerprint density at radius 2 is 1.86 bits per heavy atom. The van der Waals surface area contributed by atoms with Gasteiger partial charge < -0.3 is 5.32 Å². The van der Waals surface area contributed by atoms with Gasteiger partial charge in [-0.05, 0) is 38.1 Å². The molecule has 0 saturated heterocycles. The third-order valence-electron chi connectivity index (χ3n) is 3.66. The number of amides is 1. The minimum absolute atomic E-state index is 0.0332. The van der Waals surface area contributed by atoms with E-state index in [2.05, 4.69) is 47.1 Å². The van der Waals surface area contributed by atoms with E-state index >= 15 is 0 Å². The summed E-state index contributed by atoms with van der Waals surface area (Å²) in [4.78, 5) is 36.2. The molecule has 1 aromatic carbocycles. The van der Waals surface area contributed by atoms with Crippen molar-refractivity contribution in [3.63, 3.8) is 0 Å². The van der Waals surface area contributed by atoms with Gasteiger partial charge in [0.15, 0.2) is 5.13 Å². The van der Waals surface area contributed by atoms with Crippen molar-refractivity contribution in [2.45, 2.75) is 13.8 Å². The molecule has 0 spiro atoms. The van der Waals surface area contributed by atoms with E-state index in [1.807, 2.05) is 13.8 Å². The lowest BCUT2D eigenvalue weighted by molar-refractivity contribution is -0.383. The van der Waals surface area contributed by atoms with E-state index in [9.17, 15) is 14.9 Å². The number of rotatable bonds is 6. The zero-order valence-electron chi connectivity index (χ0n) is 14.7. The first-order valence-corrected chi connectivity index (χ1v) is 9.48. The van der Waals surface area contributed by atoms with Gasteiger partial charge in [0.25, 0.3) is 5.91 Å². The number of carbonyl (C=O) groups is 1. The van der Waals surface area contributed by atoms with Crippen LogP contribution in [0.1, 0.15) is 20.9 Å². The first-order valence-electron chi connectivity index (χ1n) is 7.87. The number of hydrogen-bond donors (Lipinski definition) is 3. The number of nitro groups is 1. The fourth-order valence-corrected chi connectivity index (χ4v) is 3.23. The van der Waals surface area contributed by atoms with Gasteiger partial charge in [0.2, 0.25) is 11.6 Å². The Morgan fingerprint density at radius 3 is 2.46 bits per heavy atom. The summed E-state index contributed by atoms with van der Waals surface area (Å²) in [7, 11) is 0. The number of benzene rings is 1. The number of hydrazine groups is 1. The summed E-state index contributed by atoms with van der Waals surface area (Å²) in [5.41, 5.74) is 5.67. The maximum Gasteiger partial charge on any atom is 0.355 e. The van der Waals surface area contributed by atoms with Gasteiger partial charge in [0, 0.05) is 14.9 Å². The predicted octanol–water partition coefficient (Wildman–Crippen LogP) is 3.72. The zero-order chi connectivity index (χ0) is 20.3. The third-order valence-corrected chi connectivity index (χ3v) is 5.18. The molecule has 0 atom stereocenters. The van der Waals surface area contributed by atoms with Crippen LogP contribution < -0.4 is 16.2 Å². The highest BCUT2D eigenvalue weighted by molar-refractivity contribution is 9.10. The van der Waals surface area contributed by atoms with Crippen LogP contribution >= 0.6 is 27.3 Å². The lowest BCUT2D eigenvalue weighted by Crippen LogP contribution is -2.30. The topological polar surface area (TPSA) is 135 Å². The van der Waals surface area contributed by atoms with E-state index in [4.69, 9.17) is 0 Å². The van der Waals surface area contributed by atoms with Gasteiger partial charge in [0.1, 0.15) is 6.33 Å². The van der Waals surface area contributed by atoms with Gasteiger partial charge in [-0.25, -0.2) is 15.0 Å². The van der Waals surface area contributed by atoms with Crippen molar-refractivity contribution in [1.29, 1.82) is 0 Å². The monoisotopic (exact) mass is 463 g/mol. The van der Waals surface area contributed by atoms with Crippen LogP contribution in [0.25, 0.3) is 0 Å². The average molecular weight is 464 g/mol. The van der Waals surface area contributed by atoms with Crippen molar-refractivity contribution in [3.05, 3.63) is 61.3 Å². The molecule has 2 aromatic heterocycles. The number of thiazole rings is 1. The van der Waals surface area contributed by atoms with Crippen LogP contribution in [0.15, 0.2) is 35.1 Å². The molecule has 28 heavy (non-hydrogen) atoms. The highest BCUT2D eigenvalue weighted by Crippen LogP contribution is 2.32. The van der Waals surface area contributed by atoms with Crippen molar-refractivity contribution >= 4 is 55.6 Å². The molecular weight excluding hydrogens is 450 g/mol. The van der Waals surface area contributed by atoms with E-state index in [1.165, 1.54) is 11.3 Å². The molecule has 0 radical (unpaired) electrons. The van der Waals surface area contributed by atoms with E-state index in [-0.39, 0.29) is 11.6 Å². The van der Waals surface area contributed by atoms with Crippen molar-refractivity contribution in [2.24, 2.45) is 0 Å². The van der Waals surface area contributed by atoms with E-state index < -0.39 is 16.5 Å². The quantitative estimate of drug-likeness (QED) is 0.371. The number of aromatic nitrogens is 3. The van der Waals surface area contributed by atoms with Crippen LogP contribution in [-0.4, -0.2) is 25.8 Å². The van der Waals surface area contributed by atoms with Crippen LogP contribution in [0.5, 0.6) is 0 Å². The fraction of sp³-hybridized carbons (Fsp3) is 0.125. The number of halogens is 1. The Balaban J connectivity index is 1.81. The van der Waals surface area contributed by atoms with Gasteiger partial charge >= 0.3 is 5.69 Å². The van der Waals surface area contributed by atoms with Gasteiger partial charge in [-0.1, -0.05) is 15.9 Å². The highest BCUT2D eigenvalue weighted by atomic mass is 79.9. The summed E-state index contributed by atoms with van der Waals surface area (Å²) in [5.74, 6) is -0.659. The molecule has 0 bridgehead atoms. The Morgan fingerprint density at radius 1 is 1.18 bits per heavy atom. The second-order valence-electron chi connectivity index (χ2n) is 5.55. The number of anilines is 3. The van der Waals surface area contributed by atoms with E-state index in [0.717, 1.165) is 21.4 Å². The number of aryl methyl sites for hydroxylation is 2. The molecule has 144 valence electrons. The van der Waals surface area contributed by atoms with Crippen molar-refractivity contribution < 1.29 is 9.72 Å². The second-order valence-corrected chi connectivity index (χ2v) is 7.67. The number of hydrogen-bond acceptors (Lipinski definition) is 9. The predicted molar refractivity (Wildman–Crippen MR) is 109 cm³/mol. The molecule has 10 nitrogen and oxygen atoms in total. The van der Waals surface area contributed by atoms with Gasteiger partial charge in [-0.3, -0.25) is 25.8 Å². The van der Waals surface area contributed by atoms with E-state index in [0.29, 0.717) is 10.7 Å². The molecule has 2 heterocycles. The Bertz CT molecular complexity index is 1020. The number of nitrogens with zero attached hydrogens (tertiary/aromatic N) is 4. The lowest BCUT2D eigenvalue weighted by atomic mass is 10.2. The Hall–Kier alpha value is -3.12. The van der Waals surface area contributed by atoms with Crippen LogP contribution in [0.2, 0.25) is 0 Å². The number of nitrogens with one attached hydrogen (secondary N) is 3. The van der Waals surface area contributed by atoms with Crippen LogP contribution in [0.4, 0.5) is 22.5 Å². The molecule has 3 N–H and O–H groups in total. The Kier molecular flexibility index (Phi) is 5.80. The van der Waals surface area contributed by atoms with Gasteiger partial charge in [-0.2, -0.15) is 0 Å². The Labute approximate surface area is 171 Å². The first-order chi connectivity index (χ1) is 13.3. The van der Waals surface area contributed by atoms with Gasteiger partial charge in [0.05, 0.1) is 10.6 Å². The maximum atomic E-state index is 12.2. The molecule has 0 aliphatic carbocycles. The third kappa shape index (κ3) is 4.40. The molecular formula is C16H14BrN7O3S. The highest BCUT2D eigenvalue weighted by Gasteiger charge is 2.24. The maximum absolute atomic E-state index is 12.2. The van der Waals surface area contributed by atoms with Crippen molar-refractivity contribution in [1.82, 2.24) is 20.4 Å². The summed E-state index contributed by atoms with van der Waals surface area (Å²) in [6.07, 6.45) is 1.15. The van der Waals surface area contributed by atoms with Crippen LogP contribution in [-0.2, 0) is 0 Å². The molecule has 1 amide bonds. The molecule has 0 aliphatic heterocycles. The molecule has 3 aromatic rings. The van der Waals surface area contributed by atoms with Gasteiger partial charge in [-0.15, -0.1) is 11.3 Å². The number of carbonyl (C=O) groups excluding carboxylic acids is 1. The fourth-order valence-electron chi connectivity index (χ4n) is 2.15. The zero-order valence-corrected chi connectivity index (χ0v) is 17.1. The first kappa shape index (κ1) is 19.6. The molecule has 0 unspecified atom stereocenters. The van der Waals surface area contributed by atoms with Crippen molar-refractivity contribution in [2.75, 3.05) is 10.7 Å². The summed E-state index contributed by atoms with van der Waals surface area (Å²) >= 11 is 4.64. The average Bonchev–Trinajstić information content (AvgIpc) is 2.97. The largest absolute Gasteiger partial charge is 0.355 e. The molecule has 0 aliphatic rings. The molecule has 0 fully saturated rings. The molecule has 12 heteroatoms. The summed E-state index contributed by atoms with van der Waals surface area (Å²) < 4.78 is 0.826. The summed E-state index contributed by atoms with van der Waals surface area (Å²) in [6, 6.07) is 6.63. The van der Waals surface area contributed by atoms with E-state index in [1.54, 1.807) is 24.3 Å². The second kappa shape index (κ2) is 8.27. The minimum atomic E-state index is -0.635. The van der Waals surface area contributed by atoms with Crippen LogP contribution in [0.3, 0.4) is 0 Å². The van der Waals surface area contributed by atoms with Crippen LogP contribution in [0, 0.1) is 24.0 Å². The smallest absolute Gasteiger partial charge is 0.310 e. The normalized spacial score (nSPS) is 10.4.